The van der Waals surface area contributed by atoms with Crippen LogP contribution in [0.25, 0.3) is 0 Å². The highest BCUT2D eigenvalue weighted by Gasteiger charge is 2.10. The van der Waals surface area contributed by atoms with Gasteiger partial charge in [-0.25, -0.2) is 0 Å². The number of unbranched alkanes of at least 4 members (excludes halogenated alkanes) is 1. The van der Waals surface area contributed by atoms with Gasteiger partial charge in [-0.15, -0.1) is 0 Å². The summed E-state index contributed by atoms with van der Waals surface area (Å²) >= 11 is 0. The number of ether oxygens (including phenoxy) is 1. The minimum Gasteiger partial charge on any atom is -0.493 e. The third-order valence-corrected chi connectivity index (χ3v) is 2.42. The van der Waals surface area contributed by atoms with E-state index in [0.717, 1.165) is 30.8 Å². The first-order chi connectivity index (χ1) is 7.29. The summed E-state index contributed by atoms with van der Waals surface area (Å²) in [6.07, 6.45) is 2.48. The van der Waals surface area contributed by atoms with Crippen molar-refractivity contribution < 1.29 is 9.84 Å². The molecular formula is C13H20O2. The van der Waals surface area contributed by atoms with Crippen LogP contribution in [-0.4, -0.2) is 11.7 Å². The normalized spacial score (nSPS) is 12.5. The highest BCUT2D eigenvalue weighted by molar-refractivity contribution is 5.34. The molecule has 1 atom stereocenters. The molecule has 2 heteroatoms. The third kappa shape index (κ3) is 3.56. The van der Waals surface area contributed by atoms with E-state index in [9.17, 15) is 5.11 Å². The summed E-state index contributed by atoms with van der Waals surface area (Å²) in [6.45, 7) is 4.83. The minimum atomic E-state index is -0.414. The van der Waals surface area contributed by atoms with Crippen LogP contribution < -0.4 is 4.74 Å². The molecule has 1 aromatic rings. The molecule has 0 fully saturated rings. The van der Waals surface area contributed by atoms with Gasteiger partial charge >= 0.3 is 0 Å². The van der Waals surface area contributed by atoms with Crippen LogP contribution in [0.4, 0.5) is 0 Å². The van der Waals surface area contributed by atoms with E-state index in [2.05, 4.69) is 6.92 Å². The molecule has 0 aliphatic heterocycles. The van der Waals surface area contributed by atoms with E-state index >= 15 is 0 Å². The van der Waals surface area contributed by atoms with Crippen molar-refractivity contribution in [3.8, 4) is 5.75 Å². The number of rotatable bonds is 6. The number of aliphatic hydroxyl groups excluding tert-OH is 1. The average Bonchev–Trinajstić information content (AvgIpc) is 2.29. The zero-order valence-electron chi connectivity index (χ0n) is 9.57. The zero-order valence-corrected chi connectivity index (χ0v) is 9.57. The molecule has 84 valence electrons. The maximum Gasteiger partial charge on any atom is 0.125 e. The van der Waals surface area contributed by atoms with Gasteiger partial charge in [0.15, 0.2) is 0 Å². The fourth-order valence-corrected chi connectivity index (χ4v) is 1.43. The van der Waals surface area contributed by atoms with Crippen LogP contribution in [0.1, 0.15) is 44.8 Å². The average molecular weight is 208 g/mol. The predicted octanol–water partition coefficient (Wildman–Crippen LogP) is 3.31. The highest BCUT2D eigenvalue weighted by Crippen LogP contribution is 2.26. The molecule has 0 heterocycles. The van der Waals surface area contributed by atoms with Crippen LogP contribution in [0.15, 0.2) is 24.3 Å². The summed E-state index contributed by atoms with van der Waals surface area (Å²) < 4.78 is 5.64. The molecule has 0 amide bonds. The quantitative estimate of drug-likeness (QED) is 0.727. The van der Waals surface area contributed by atoms with Gasteiger partial charge in [0.05, 0.1) is 12.7 Å². The van der Waals surface area contributed by atoms with Crippen LogP contribution in [0.5, 0.6) is 5.75 Å². The van der Waals surface area contributed by atoms with E-state index < -0.39 is 6.10 Å². The molecule has 0 unspecified atom stereocenters. The molecule has 0 radical (unpaired) electrons. The Hall–Kier alpha value is -1.02. The van der Waals surface area contributed by atoms with Gasteiger partial charge in [-0.2, -0.15) is 0 Å². The fraction of sp³-hybridized carbons (Fsp3) is 0.538. The summed E-state index contributed by atoms with van der Waals surface area (Å²) in [5.74, 6) is 0.820. The molecule has 2 nitrogen and oxygen atoms in total. The van der Waals surface area contributed by atoms with Crippen LogP contribution in [0.2, 0.25) is 0 Å². The topological polar surface area (TPSA) is 29.5 Å². The number of aliphatic hydroxyl groups is 1. The Labute approximate surface area is 91.9 Å². The summed E-state index contributed by atoms with van der Waals surface area (Å²) in [7, 11) is 0. The number of benzene rings is 1. The smallest absolute Gasteiger partial charge is 0.125 e. The molecule has 15 heavy (non-hydrogen) atoms. The van der Waals surface area contributed by atoms with Crippen molar-refractivity contribution >= 4 is 0 Å². The standard InChI is InChI=1S/C13H20O2/c1-3-5-10-15-13-9-7-6-8-11(13)12(14)4-2/h6-9,12,14H,3-5,10H2,1-2H3/t12-/m0/s1. The highest BCUT2D eigenvalue weighted by atomic mass is 16.5. The van der Waals surface area contributed by atoms with Gasteiger partial charge in [-0.1, -0.05) is 38.5 Å². The Balaban J connectivity index is 2.68. The molecule has 1 N–H and O–H groups in total. The van der Waals surface area contributed by atoms with Crippen LogP contribution in [0.3, 0.4) is 0 Å². The van der Waals surface area contributed by atoms with Crippen molar-refractivity contribution in [1.82, 2.24) is 0 Å². The van der Waals surface area contributed by atoms with Gasteiger partial charge in [0, 0.05) is 5.56 Å². The van der Waals surface area contributed by atoms with Crippen molar-refractivity contribution in [2.24, 2.45) is 0 Å². The first-order valence-corrected chi connectivity index (χ1v) is 5.69. The Bertz CT molecular complexity index is 284. The molecule has 0 saturated heterocycles. The number of para-hydroxylation sites is 1. The molecular weight excluding hydrogens is 188 g/mol. The summed E-state index contributed by atoms with van der Waals surface area (Å²) in [6, 6.07) is 7.72. The molecule has 0 bridgehead atoms. The zero-order chi connectivity index (χ0) is 11.1. The largest absolute Gasteiger partial charge is 0.493 e. The fourth-order valence-electron chi connectivity index (χ4n) is 1.43. The van der Waals surface area contributed by atoms with Gasteiger partial charge in [0.25, 0.3) is 0 Å². The Kier molecular flexibility index (Phi) is 5.19. The van der Waals surface area contributed by atoms with Crippen LogP contribution in [0, 0.1) is 0 Å². The van der Waals surface area contributed by atoms with Crippen molar-refractivity contribution in [3.05, 3.63) is 29.8 Å². The van der Waals surface area contributed by atoms with E-state index in [-0.39, 0.29) is 0 Å². The van der Waals surface area contributed by atoms with Gasteiger partial charge in [0.2, 0.25) is 0 Å². The lowest BCUT2D eigenvalue weighted by Crippen LogP contribution is -2.03. The minimum absolute atomic E-state index is 0.414. The lowest BCUT2D eigenvalue weighted by atomic mass is 10.1. The molecule has 0 aliphatic carbocycles. The summed E-state index contributed by atoms with van der Waals surface area (Å²) in [4.78, 5) is 0. The SMILES string of the molecule is CCCCOc1ccccc1[C@@H](O)CC. The second kappa shape index (κ2) is 6.46. The van der Waals surface area contributed by atoms with E-state index in [4.69, 9.17) is 4.74 Å². The number of hydrogen-bond donors (Lipinski definition) is 1. The lowest BCUT2D eigenvalue weighted by molar-refractivity contribution is 0.167. The van der Waals surface area contributed by atoms with Gasteiger partial charge < -0.3 is 9.84 Å². The Morgan fingerprint density at radius 3 is 2.67 bits per heavy atom. The molecule has 0 aliphatic rings. The predicted molar refractivity (Wildman–Crippen MR) is 62.1 cm³/mol. The van der Waals surface area contributed by atoms with E-state index in [1.165, 1.54) is 0 Å². The monoisotopic (exact) mass is 208 g/mol. The van der Waals surface area contributed by atoms with Crippen LogP contribution >= 0.6 is 0 Å². The second-order valence-electron chi connectivity index (χ2n) is 3.66. The van der Waals surface area contributed by atoms with Crippen molar-refractivity contribution in [1.29, 1.82) is 0 Å². The Morgan fingerprint density at radius 2 is 2.00 bits per heavy atom. The first-order valence-electron chi connectivity index (χ1n) is 5.69. The van der Waals surface area contributed by atoms with E-state index in [1.54, 1.807) is 0 Å². The molecule has 0 aromatic heterocycles. The van der Waals surface area contributed by atoms with E-state index in [1.807, 2.05) is 31.2 Å². The van der Waals surface area contributed by atoms with Crippen molar-refractivity contribution in [3.63, 3.8) is 0 Å². The van der Waals surface area contributed by atoms with Gasteiger partial charge in [-0.05, 0) is 18.9 Å². The lowest BCUT2D eigenvalue weighted by Gasteiger charge is -2.14. The number of hydrogen-bond acceptors (Lipinski definition) is 2. The summed E-state index contributed by atoms with van der Waals surface area (Å²) in [5, 5.41) is 9.79. The van der Waals surface area contributed by atoms with Gasteiger partial charge in [-0.3, -0.25) is 0 Å². The first kappa shape index (κ1) is 12.1. The molecule has 1 aromatic carbocycles. The Morgan fingerprint density at radius 1 is 1.27 bits per heavy atom. The summed E-state index contributed by atoms with van der Waals surface area (Å²) in [5.41, 5.74) is 0.899. The molecule has 1 rings (SSSR count). The molecule has 0 saturated carbocycles. The third-order valence-electron chi connectivity index (χ3n) is 2.42. The van der Waals surface area contributed by atoms with Crippen LogP contribution in [-0.2, 0) is 0 Å². The second-order valence-corrected chi connectivity index (χ2v) is 3.66. The van der Waals surface area contributed by atoms with Gasteiger partial charge in [0.1, 0.15) is 5.75 Å². The maximum atomic E-state index is 9.79. The van der Waals surface area contributed by atoms with E-state index in [0.29, 0.717) is 6.42 Å². The maximum absolute atomic E-state index is 9.79. The van der Waals surface area contributed by atoms with Crippen molar-refractivity contribution in [2.75, 3.05) is 6.61 Å². The van der Waals surface area contributed by atoms with Crippen molar-refractivity contribution in [2.45, 2.75) is 39.2 Å². The molecule has 0 spiro atoms.